The lowest BCUT2D eigenvalue weighted by Crippen LogP contribution is -2.25. The first-order chi connectivity index (χ1) is 9.06. The van der Waals surface area contributed by atoms with Gasteiger partial charge in [0.2, 0.25) is 5.91 Å². The van der Waals surface area contributed by atoms with E-state index in [1.165, 1.54) is 0 Å². The number of aliphatic hydroxyl groups is 1. The normalized spacial score (nSPS) is 29.5. The van der Waals surface area contributed by atoms with E-state index in [1.54, 1.807) is 12.1 Å². The van der Waals surface area contributed by atoms with Crippen molar-refractivity contribution in [2.45, 2.75) is 18.9 Å². The second-order valence-electron chi connectivity index (χ2n) is 5.61. The molecule has 1 aromatic rings. The number of amides is 1. The van der Waals surface area contributed by atoms with Crippen LogP contribution in [0.15, 0.2) is 18.2 Å². The number of benzene rings is 1. The SMILES string of the molecule is NC(=O)c1ccc(N2CC3CCC(O)C3C2)c(N)c1. The standard InChI is InChI=1S/C14H19N3O2/c15-11-5-8(14(16)19)1-3-12(11)17-6-9-2-4-13(18)10(9)7-17/h1,3,5,9-10,13,18H,2,4,6-7,15H2,(H2,16,19). The van der Waals surface area contributed by atoms with Crippen LogP contribution in [0.1, 0.15) is 23.2 Å². The quantitative estimate of drug-likeness (QED) is 0.679. The van der Waals surface area contributed by atoms with E-state index in [0.717, 1.165) is 31.6 Å². The third kappa shape index (κ3) is 2.04. The lowest BCUT2D eigenvalue weighted by Gasteiger charge is -2.22. The Kier molecular flexibility index (Phi) is 2.86. The molecule has 3 atom stereocenters. The average molecular weight is 261 g/mol. The van der Waals surface area contributed by atoms with E-state index < -0.39 is 5.91 Å². The fraction of sp³-hybridized carbons (Fsp3) is 0.500. The summed E-state index contributed by atoms with van der Waals surface area (Å²) in [4.78, 5) is 13.3. The Morgan fingerprint density at radius 1 is 1.32 bits per heavy atom. The van der Waals surface area contributed by atoms with Crippen LogP contribution in [0.25, 0.3) is 0 Å². The van der Waals surface area contributed by atoms with Crippen LogP contribution < -0.4 is 16.4 Å². The van der Waals surface area contributed by atoms with E-state index in [1.807, 2.05) is 6.07 Å². The van der Waals surface area contributed by atoms with Gasteiger partial charge in [-0.2, -0.15) is 0 Å². The van der Waals surface area contributed by atoms with Gasteiger partial charge in [0.25, 0.3) is 0 Å². The predicted octanol–water partition coefficient (Wildman–Crippen LogP) is 0.575. The Labute approximate surface area is 112 Å². The van der Waals surface area contributed by atoms with E-state index in [0.29, 0.717) is 23.1 Å². The molecule has 0 bridgehead atoms. The number of aliphatic hydroxyl groups excluding tert-OH is 1. The Hall–Kier alpha value is -1.75. The topological polar surface area (TPSA) is 92.6 Å². The van der Waals surface area contributed by atoms with Gasteiger partial charge in [-0.25, -0.2) is 0 Å². The van der Waals surface area contributed by atoms with Crippen molar-refractivity contribution in [3.05, 3.63) is 23.8 Å². The van der Waals surface area contributed by atoms with Crippen LogP contribution in [0, 0.1) is 11.8 Å². The Morgan fingerprint density at radius 3 is 2.74 bits per heavy atom. The summed E-state index contributed by atoms with van der Waals surface area (Å²) in [5, 5.41) is 9.93. The highest BCUT2D eigenvalue weighted by Gasteiger charge is 2.42. The minimum absolute atomic E-state index is 0.180. The Balaban J connectivity index is 1.82. The molecular weight excluding hydrogens is 242 g/mol. The summed E-state index contributed by atoms with van der Waals surface area (Å²) in [6, 6.07) is 5.18. The van der Waals surface area contributed by atoms with Gasteiger partial charge in [-0.1, -0.05) is 0 Å². The smallest absolute Gasteiger partial charge is 0.248 e. The second-order valence-corrected chi connectivity index (χ2v) is 5.61. The number of nitrogens with zero attached hydrogens (tertiary/aromatic N) is 1. The minimum Gasteiger partial charge on any atom is -0.397 e. The number of hydrogen-bond acceptors (Lipinski definition) is 4. The molecule has 5 nitrogen and oxygen atoms in total. The summed E-state index contributed by atoms with van der Waals surface area (Å²) in [5.74, 6) is 0.451. The van der Waals surface area contributed by atoms with Crippen LogP contribution in [0.3, 0.4) is 0 Å². The highest BCUT2D eigenvalue weighted by Crippen LogP contribution is 2.41. The molecule has 0 spiro atoms. The van der Waals surface area contributed by atoms with E-state index in [9.17, 15) is 9.90 Å². The van der Waals surface area contributed by atoms with E-state index in [-0.39, 0.29) is 6.10 Å². The van der Waals surface area contributed by atoms with Crippen LogP contribution in [-0.4, -0.2) is 30.2 Å². The predicted molar refractivity (Wildman–Crippen MR) is 73.8 cm³/mol. The lowest BCUT2D eigenvalue weighted by atomic mass is 10.00. The van der Waals surface area contributed by atoms with Gasteiger partial charge >= 0.3 is 0 Å². The first-order valence-electron chi connectivity index (χ1n) is 6.68. The number of nitrogens with two attached hydrogens (primary N) is 2. The number of carbonyl (C=O) groups excluding carboxylic acids is 1. The van der Waals surface area contributed by atoms with Crippen LogP contribution in [0.4, 0.5) is 11.4 Å². The number of fused-ring (bicyclic) bond motifs is 1. The molecule has 1 aliphatic heterocycles. The molecule has 0 aromatic heterocycles. The lowest BCUT2D eigenvalue weighted by molar-refractivity contribution is 0.100. The van der Waals surface area contributed by atoms with Gasteiger partial charge in [0, 0.05) is 24.6 Å². The zero-order valence-corrected chi connectivity index (χ0v) is 10.7. The highest BCUT2D eigenvalue weighted by atomic mass is 16.3. The molecule has 5 N–H and O–H groups in total. The molecule has 2 fully saturated rings. The molecule has 1 saturated carbocycles. The van der Waals surface area contributed by atoms with Gasteiger partial charge in [0.15, 0.2) is 0 Å². The van der Waals surface area contributed by atoms with Crippen molar-refractivity contribution in [3.8, 4) is 0 Å². The molecule has 1 saturated heterocycles. The van der Waals surface area contributed by atoms with Crippen LogP contribution >= 0.6 is 0 Å². The highest BCUT2D eigenvalue weighted by molar-refractivity contribution is 5.94. The molecule has 1 amide bonds. The van der Waals surface area contributed by atoms with Crippen molar-refractivity contribution < 1.29 is 9.90 Å². The Morgan fingerprint density at radius 2 is 2.11 bits per heavy atom. The number of rotatable bonds is 2. The van der Waals surface area contributed by atoms with Gasteiger partial charge in [-0.15, -0.1) is 0 Å². The van der Waals surface area contributed by atoms with Gasteiger partial charge in [-0.05, 0) is 37.0 Å². The van der Waals surface area contributed by atoms with Crippen molar-refractivity contribution in [2.24, 2.45) is 17.6 Å². The molecule has 1 aliphatic carbocycles. The van der Waals surface area contributed by atoms with E-state index >= 15 is 0 Å². The second kappa shape index (κ2) is 4.42. The Bertz CT molecular complexity index is 517. The number of primary amides is 1. The van der Waals surface area contributed by atoms with Crippen molar-refractivity contribution >= 4 is 17.3 Å². The van der Waals surface area contributed by atoms with Crippen molar-refractivity contribution in [1.82, 2.24) is 0 Å². The maximum atomic E-state index is 11.1. The van der Waals surface area contributed by atoms with Gasteiger partial charge in [0.1, 0.15) is 0 Å². The van der Waals surface area contributed by atoms with Crippen molar-refractivity contribution in [3.63, 3.8) is 0 Å². The summed E-state index contributed by atoms with van der Waals surface area (Å²) in [6.45, 7) is 1.77. The molecule has 5 heteroatoms. The van der Waals surface area contributed by atoms with E-state index in [4.69, 9.17) is 11.5 Å². The van der Waals surface area contributed by atoms with Crippen molar-refractivity contribution in [1.29, 1.82) is 0 Å². The zero-order chi connectivity index (χ0) is 13.6. The molecule has 3 unspecified atom stereocenters. The maximum Gasteiger partial charge on any atom is 0.248 e. The van der Waals surface area contributed by atoms with Crippen LogP contribution in [0.5, 0.6) is 0 Å². The third-order valence-corrected chi connectivity index (χ3v) is 4.47. The first-order valence-corrected chi connectivity index (χ1v) is 6.68. The molecule has 2 aliphatic rings. The number of anilines is 2. The fourth-order valence-electron chi connectivity index (χ4n) is 3.43. The van der Waals surface area contributed by atoms with Crippen LogP contribution in [-0.2, 0) is 0 Å². The molecule has 19 heavy (non-hydrogen) atoms. The summed E-state index contributed by atoms with van der Waals surface area (Å²) in [7, 11) is 0. The van der Waals surface area contributed by atoms with Crippen molar-refractivity contribution in [2.75, 3.05) is 23.7 Å². The monoisotopic (exact) mass is 261 g/mol. The van der Waals surface area contributed by atoms with E-state index in [2.05, 4.69) is 4.90 Å². The molecule has 0 radical (unpaired) electrons. The fourth-order valence-corrected chi connectivity index (χ4v) is 3.43. The maximum absolute atomic E-state index is 11.1. The summed E-state index contributed by atoms with van der Waals surface area (Å²) in [5.41, 5.74) is 13.2. The summed E-state index contributed by atoms with van der Waals surface area (Å²) < 4.78 is 0. The molecule has 102 valence electrons. The van der Waals surface area contributed by atoms with Gasteiger partial charge in [0.05, 0.1) is 17.5 Å². The number of carbonyl (C=O) groups is 1. The zero-order valence-electron chi connectivity index (χ0n) is 10.7. The van der Waals surface area contributed by atoms with Crippen LogP contribution in [0.2, 0.25) is 0 Å². The van der Waals surface area contributed by atoms with Gasteiger partial charge in [-0.3, -0.25) is 4.79 Å². The molecule has 1 aromatic carbocycles. The average Bonchev–Trinajstić information content (AvgIpc) is 2.92. The van der Waals surface area contributed by atoms with Gasteiger partial charge < -0.3 is 21.5 Å². The molecule has 1 heterocycles. The molecule has 3 rings (SSSR count). The summed E-state index contributed by atoms with van der Waals surface area (Å²) in [6.07, 6.45) is 1.82. The number of hydrogen-bond donors (Lipinski definition) is 3. The first kappa shape index (κ1) is 12.3. The third-order valence-electron chi connectivity index (χ3n) is 4.47. The minimum atomic E-state index is -0.466. The number of nitrogen functional groups attached to an aromatic ring is 1. The summed E-state index contributed by atoms with van der Waals surface area (Å²) >= 11 is 0. The largest absolute Gasteiger partial charge is 0.397 e. The molecular formula is C14H19N3O2.